The van der Waals surface area contributed by atoms with Gasteiger partial charge in [-0.05, 0) is 31.0 Å². The van der Waals surface area contributed by atoms with Crippen LogP contribution >= 0.6 is 0 Å². The molecule has 176 valence electrons. The number of piperidine rings is 1. The number of anilines is 4. The zero-order chi connectivity index (χ0) is 23.7. The largest absolute Gasteiger partial charge is 0.433 e. The molecule has 12 heteroatoms. The molecule has 3 rings (SSSR count). The first-order chi connectivity index (χ1) is 14.9. The molecule has 0 saturated carbocycles. The van der Waals surface area contributed by atoms with Crippen molar-refractivity contribution < 1.29 is 31.1 Å². The van der Waals surface area contributed by atoms with Crippen LogP contribution in [0.3, 0.4) is 0 Å². The second-order valence-corrected chi connectivity index (χ2v) is 7.60. The molecule has 1 aromatic heterocycles. The van der Waals surface area contributed by atoms with Crippen LogP contribution in [0.4, 0.5) is 49.5 Å². The molecule has 0 amide bonds. The van der Waals surface area contributed by atoms with E-state index in [9.17, 15) is 26.3 Å². The second-order valence-electron chi connectivity index (χ2n) is 7.60. The summed E-state index contributed by atoms with van der Waals surface area (Å²) < 4.78 is 86.2. The van der Waals surface area contributed by atoms with Gasteiger partial charge in [-0.1, -0.05) is 0 Å². The summed E-state index contributed by atoms with van der Waals surface area (Å²) in [5, 5.41) is 2.48. The summed E-state index contributed by atoms with van der Waals surface area (Å²) in [4.78, 5) is 10.4. The Bertz CT molecular complexity index is 939. The number of rotatable bonds is 5. The van der Waals surface area contributed by atoms with Gasteiger partial charge in [0.2, 0.25) is 5.95 Å². The average Bonchev–Trinajstić information content (AvgIpc) is 2.72. The van der Waals surface area contributed by atoms with E-state index in [0.717, 1.165) is 12.1 Å². The second kappa shape index (κ2) is 9.00. The Kier molecular flexibility index (Phi) is 6.72. The number of aromatic nitrogens is 2. The molecule has 1 saturated heterocycles. The molecule has 0 atom stereocenters. The lowest BCUT2D eigenvalue weighted by atomic mass is 10.0. The predicted octanol–water partition coefficient (Wildman–Crippen LogP) is 4.94. The normalized spacial score (nSPS) is 15.7. The van der Waals surface area contributed by atoms with Crippen LogP contribution in [0.15, 0.2) is 24.3 Å². The van der Waals surface area contributed by atoms with E-state index in [1.165, 1.54) is 31.1 Å². The van der Waals surface area contributed by atoms with Crippen molar-refractivity contribution in [2.24, 2.45) is 0 Å². The fourth-order valence-electron chi connectivity index (χ4n) is 3.44. The first kappa shape index (κ1) is 23.9. The van der Waals surface area contributed by atoms with Crippen molar-refractivity contribution in [2.45, 2.75) is 31.3 Å². The fourth-order valence-corrected chi connectivity index (χ4v) is 3.44. The topological polar surface area (TPSA) is 53.5 Å². The number of hydrogen-bond acceptors (Lipinski definition) is 6. The molecule has 0 aliphatic carbocycles. The van der Waals surface area contributed by atoms with E-state index in [2.05, 4.69) is 15.3 Å². The van der Waals surface area contributed by atoms with Gasteiger partial charge in [-0.25, -0.2) is 4.98 Å². The van der Waals surface area contributed by atoms with E-state index in [4.69, 9.17) is 4.74 Å². The molecule has 0 bridgehead atoms. The van der Waals surface area contributed by atoms with E-state index in [1.54, 1.807) is 12.0 Å². The first-order valence-electron chi connectivity index (χ1n) is 9.78. The Hall–Kier alpha value is -2.76. The lowest BCUT2D eigenvalue weighted by Crippen LogP contribution is -2.37. The molecule has 32 heavy (non-hydrogen) atoms. The third-order valence-electron chi connectivity index (χ3n) is 5.14. The van der Waals surface area contributed by atoms with E-state index >= 15 is 0 Å². The number of ether oxygens (including phenoxy) is 1. The number of alkyl halides is 6. The van der Waals surface area contributed by atoms with Crippen LogP contribution in [-0.2, 0) is 17.1 Å². The van der Waals surface area contributed by atoms with Crippen molar-refractivity contribution in [1.82, 2.24) is 9.97 Å². The van der Waals surface area contributed by atoms with Crippen molar-refractivity contribution in [3.8, 4) is 0 Å². The minimum atomic E-state index is -4.74. The molecule has 1 aromatic carbocycles. The third-order valence-corrected chi connectivity index (χ3v) is 5.14. The summed E-state index contributed by atoms with van der Waals surface area (Å²) in [7, 11) is 4.56. The zero-order valence-corrected chi connectivity index (χ0v) is 17.7. The standard InChI is InChI=1S/C20H23F6N5O/c1-30(2)17-11-16(20(24,25)26)28-18(29-17)27-12-4-5-15(14(10-12)19(21,22)23)31-8-6-13(32-3)7-9-31/h4-5,10-11,13H,6-9H2,1-3H3,(H,27,28,29). The predicted molar refractivity (Wildman–Crippen MR) is 108 cm³/mol. The van der Waals surface area contributed by atoms with Gasteiger partial charge in [-0.15, -0.1) is 0 Å². The lowest BCUT2D eigenvalue weighted by Gasteiger charge is -2.34. The van der Waals surface area contributed by atoms with Gasteiger partial charge in [0.25, 0.3) is 0 Å². The Labute approximate surface area is 181 Å². The molecule has 6 nitrogen and oxygen atoms in total. The molecule has 2 aromatic rings. The van der Waals surface area contributed by atoms with Crippen molar-refractivity contribution in [1.29, 1.82) is 0 Å². The Morgan fingerprint density at radius 2 is 1.66 bits per heavy atom. The molecule has 1 N–H and O–H groups in total. The van der Waals surface area contributed by atoms with Gasteiger partial charge >= 0.3 is 12.4 Å². The van der Waals surface area contributed by atoms with E-state index in [1.807, 2.05) is 0 Å². The monoisotopic (exact) mass is 463 g/mol. The third kappa shape index (κ3) is 5.53. The van der Waals surface area contributed by atoms with Crippen molar-refractivity contribution >= 4 is 23.1 Å². The maximum absolute atomic E-state index is 13.8. The van der Waals surface area contributed by atoms with Crippen molar-refractivity contribution in [2.75, 3.05) is 49.4 Å². The molecular weight excluding hydrogens is 440 g/mol. The molecular formula is C20H23F6N5O. The highest BCUT2D eigenvalue weighted by Gasteiger charge is 2.37. The summed E-state index contributed by atoms with van der Waals surface area (Å²) in [6, 6.07) is 4.29. The Balaban J connectivity index is 1.94. The maximum atomic E-state index is 13.8. The van der Waals surface area contributed by atoms with Gasteiger partial charge in [0.1, 0.15) is 5.82 Å². The highest BCUT2D eigenvalue weighted by molar-refractivity contribution is 5.65. The van der Waals surface area contributed by atoms with Crippen molar-refractivity contribution in [3.63, 3.8) is 0 Å². The summed E-state index contributed by atoms with van der Waals surface area (Å²) in [6.07, 6.45) is -8.20. The van der Waals surface area contributed by atoms with Crippen molar-refractivity contribution in [3.05, 3.63) is 35.5 Å². The maximum Gasteiger partial charge on any atom is 0.433 e. The van der Waals surface area contributed by atoms with Gasteiger partial charge in [-0.2, -0.15) is 31.3 Å². The number of halogens is 6. The van der Waals surface area contributed by atoms with Crippen LogP contribution in [0.2, 0.25) is 0 Å². The number of nitrogens with one attached hydrogen (secondary N) is 1. The van der Waals surface area contributed by atoms with Gasteiger partial charge in [0.15, 0.2) is 5.69 Å². The fraction of sp³-hybridized carbons (Fsp3) is 0.500. The minimum Gasteiger partial charge on any atom is -0.381 e. The van der Waals surface area contributed by atoms with Crippen LogP contribution in [0, 0.1) is 0 Å². The zero-order valence-electron chi connectivity index (χ0n) is 17.7. The van der Waals surface area contributed by atoms with Gasteiger partial charge in [-0.3, -0.25) is 0 Å². The lowest BCUT2D eigenvalue weighted by molar-refractivity contribution is -0.141. The summed E-state index contributed by atoms with van der Waals surface area (Å²) in [6.45, 7) is 0.800. The summed E-state index contributed by atoms with van der Waals surface area (Å²) in [5.74, 6) is -0.492. The molecule has 1 fully saturated rings. The molecule has 2 heterocycles. The molecule has 0 radical (unpaired) electrons. The van der Waals surface area contributed by atoms with Crippen LogP contribution in [0.25, 0.3) is 0 Å². The van der Waals surface area contributed by atoms with E-state index in [0.29, 0.717) is 25.9 Å². The average molecular weight is 463 g/mol. The molecule has 1 aliphatic heterocycles. The summed E-state index contributed by atoms with van der Waals surface area (Å²) >= 11 is 0. The number of methoxy groups -OCH3 is 1. The minimum absolute atomic E-state index is 0.00507. The molecule has 0 spiro atoms. The van der Waals surface area contributed by atoms with Gasteiger partial charge in [0, 0.05) is 51.7 Å². The molecule has 1 aliphatic rings. The number of hydrogen-bond donors (Lipinski definition) is 1. The highest BCUT2D eigenvalue weighted by atomic mass is 19.4. The number of benzene rings is 1. The summed E-state index contributed by atoms with van der Waals surface area (Å²) in [5.41, 5.74) is -2.15. The number of nitrogens with zero attached hydrogens (tertiary/aromatic N) is 4. The quantitative estimate of drug-likeness (QED) is 0.635. The van der Waals surface area contributed by atoms with Crippen LogP contribution in [0.1, 0.15) is 24.1 Å². The first-order valence-corrected chi connectivity index (χ1v) is 9.78. The van der Waals surface area contributed by atoms with E-state index < -0.39 is 29.6 Å². The van der Waals surface area contributed by atoms with E-state index in [-0.39, 0.29) is 23.3 Å². The Morgan fingerprint density at radius 1 is 1.00 bits per heavy atom. The van der Waals surface area contributed by atoms with Gasteiger partial charge in [0.05, 0.1) is 11.7 Å². The van der Waals surface area contributed by atoms with Gasteiger partial charge < -0.3 is 19.9 Å². The SMILES string of the molecule is COC1CCN(c2ccc(Nc3nc(N(C)C)cc(C(F)(F)F)n3)cc2C(F)(F)F)CC1. The Morgan fingerprint density at radius 3 is 2.19 bits per heavy atom. The van der Waals surface area contributed by atoms with Crippen LogP contribution < -0.4 is 15.1 Å². The highest BCUT2D eigenvalue weighted by Crippen LogP contribution is 2.40. The van der Waals surface area contributed by atoms with Crippen LogP contribution in [0.5, 0.6) is 0 Å². The smallest absolute Gasteiger partial charge is 0.381 e. The van der Waals surface area contributed by atoms with Crippen LogP contribution in [-0.4, -0.2) is 50.4 Å². The molecule has 0 unspecified atom stereocenters.